The van der Waals surface area contributed by atoms with Crippen molar-refractivity contribution < 1.29 is 13.9 Å². The highest BCUT2D eigenvalue weighted by Crippen LogP contribution is 2.29. The van der Waals surface area contributed by atoms with Crippen LogP contribution in [0.25, 0.3) is 0 Å². The highest BCUT2D eigenvalue weighted by atomic mass is 32.2. The van der Waals surface area contributed by atoms with E-state index in [1.807, 2.05) is 11.8 Å². The Balaban J connectivity index is 1.68. The number of thioether (sulfide) groups is 1. The summed E-state index contributed by atoms with van der Waals surface area (Å²) in [5, 5.41) is 1.35. The van der Waals surface area contributed by atoms with Gasteiger partial charge in [0.05, 0.1) is 24.5 Å². The van der Waals surface area contributed by atoms with Gasteiger partial charge in [-0.2, -0.15) is 11.8 Å². The number of nitrogens with two attached hydrogens (primary N) is 2. The van der Waals surface area contributed by atoms with E-state index in [1.54, 1.807) is 12.1 Å². The van der Waals surface area contributed by atoms with Crippen LogP contribution in [0.3, 0.4) is 0 Å². The van der Waals surface area contributed by atoms with E-state index in [0.717, 1.165) is 37.4 Å². The molecule has 1 aromatic carbocycles. The van der Waals surface area contributed by atoms with Crippen LogP contribution in [0.15, 0.2) is 30.6 Å². The van der Waals surface area contributed by atoms with Crippen LogP contribution in [0, 0.1) is 5.82 Å². The van der Waals surface area contributed by atoms with Crippen LogP contribution in [0.2, 0.25) is 0 Å². The number of anilines is 2. The van der Waals surface area contributed by atoms with E-state index in [4.69, 9.17) is 16.3 Å². The quantitative estimate of drug-likeness (QED) is 0.583. The number of hydrogen-bond donors (Lipinski definition) is 2. The summed E-state index contributed by atoms with van der Waals surface area (Å²) in [6.45, 7) is 2.31. The first-order valence-electron chi connectivity index (χ1n) is 9.08. The number of carbonyl (C=O) groups excluding carboxylic acids is 1. The van der Waals surface area contributed by atoms with Gasteiger partial charge in [-0.1, -0.05) is 0 Å². The summed E-state index contributed by atoms with van der Waals surface area (Å²) < 4.78 is 20.1. The van der Waals surface area contributed by atoms with Crippen molar-refractivity contribution in [3.63, 3.8) is 0 Å². The number of benzene rings is 1. The Morgan fingerprint density at radius 3 is 2.74 bits per heavy atom. The summed E-state index contributed by atoms with van der Waals surface area (Å²) in [5.41, 5.74) is 6.38. The second-order valence-electron chi connectivity index (χ2n) is 6.60. The molecule has 0 spiro atoms. The van der Waals surface area contributed by atoms with E-state index < -0.39 is 12.2 Å². The Morgan fingerprint density at radius 1 is 1.33 bits per heavy atom. The SMILES string of the molecule is N/C=C\N(N)CC1CN(c2ccc(N3CCCSCCC3)c(F)c2)C(=O)O1. The van der Waals surface area contributed by atoms with Crippen LogP contribution >= 0.6 is 11.8 Å². The van der Waals surface area contributed by atoms with E-state index >= 15 is 0 Å². The molecule has 1 amide bonds. The van der Waals surface area contributed by atoms with Gasteiger partial charge in [0.25, 0.3) is 0 Å². The number of carbonyl (C=O) groups is 1. The molecule has 0 bridgehead atoms. The zero-order chi connectivity index (χ0) is 19.2. The van der Waals surface area contributed by atoms with Crippen molar-refractivity contribution in [2.24, 2.45) is 11.6 Å². The average molecular weight is 396 g/mol. The van der Waals surface area contributed by atoms with Gasteiger partial charge in [-0.3, -0.25) is 4.90 Å². The first-order chi connectivity index (χ1) is 13.1. The molecule has 1 unspecified atom stereocenters. The van der Waals surface area contributed by atoms with Crippen molar-refractivity contribution in [2.75, 3.05) is 47.5 Å². The molecule has 27 heavy (non-hydrogen) atoms. The molecular weight excluding hydrogens is 369 g/mol. The maximum atomic E-state index is 14.8. The molecule has 1 atom stereocenters. The fourth-order valence-corrected chi connectivity index (χ4v) is 4.19. The van der Waals surface area contributed by atoms with Gasteiger partial charge in [0.2, 0.25) is 0 Å². The lowest BCUT2D eigenvalue weighted by Gasteiger charge is -2.27. The van der Waals surface area contributed by atoms with Gasteiger partial charge in [0, 0.05) is 25.5 Å². The molecule has 0 radical (unpaired) electrons. The number of hydrazine groups is 1. The molecule has 148 valence electrons. The van der Waals surface area contributed by atoms with Crippen molar-refractivity contribution >= 4 is 29.2 Å². The molecule has 3 rings (SSSR count). The molecule has 2 aliphatic heterocycles. The van der Waals surface area contributed by atoms with Gasteiger partial charge in [0.15, 0.2) is 0 Å². The zero-order valence-electron chi connectivity index (χ0n) is 15.2. The Labute approximate surface area is 163 Å². The second kappa shape index (κ2) is 9.18. The molecule has 1 aromatic rings. The molecule has 2 saturated heterocycles. The minimum atomic E-state index is -0.499. The Morgan fingerprint density at radius 2 is 2.07 bits per heavy atom. The largest absolute Gasteiger partial charge is 0.442 e. The zero-order valence-corrected chi connectivity index (χ0v) is 16.0. The topological polar surface area (TPSA) is 88.1 Å². The van der Waals surface area contributed by atoms with Gasteiger partial charge in [-0.15, -0.1) is 0 Å². The molecule has 7 nitrogen and oxygen atoms in total. The van der Waals surface area contributed by atoms with Gasteiger partial charge in [-0.25, -0.2) is 15.0 Å². The molecular formula is C18H26FN5O2S. The number of rotatable bonds is 5. The van der Waals surface area contributed by atoms with Crippen LogP contribution in [-0.2, 0) is 4.74 Å². The van der Waals surface area contributed by atoms with E-state index in [9.17, 15) is 9.18 Å². The van der Waals surface area contributed by atoms with Gasteiger partial charge in [-0.05, 0) is 42.5 Å². The highest BCUT2D eigenvalue weighted by Gasteiger charge is 2.33. The Hall–Kier alpha value is -2.13. The van der Waals surface area contributed by atoms with Crippen molar-refractivity contribution in [1.82, 2.24) is 5.01 Å². The van der Waals surface area contributed by atoms with E-state index in [0.29, 0.717) is 24.5 Å². The molecule has 2 fully saturated rings. The third-order valence-corrected chi connectivity index (χ3v) is 5.74. The van der Waals surface area contributed by atoms with Crippen molar-refractivity contribution in [3.05, 3.63) is 36.4 Å². The maximum absolute atomic E-state index is 14.8. The standard InChI is InChI=1S/C18H26FN5O2S/c19-16-11-14(3-4-17(16)22-6-1-9-27-10-2-7-22)24-13-15(26-18(24)25)12-23(21)8-5-20/h3-5,8,11,15H,1-2,6-7,9-10,12-13,20-21H2/b8-5-. The number of ether oxygens (including phenoxy) is 1. The fraction of sp³-hybridized carbons (Fsp3) is 0.500. The Bertz CT molecular complexity index is 682. The van der Waals surface area contributed by atoms with Crippen molar-refractivity contribution in [2.45, 2.75) is 18.9 Å². The van der Waals surface area contributed by atoms with Crippen LogP contribution in [-0.4, -0.2) is 54.9 Å². The van der Waals surface area contributed by atoms with E-state index in [-0.39, 0.29) is 5.82 Å². The van der Waals surface area contributed by atoms with Gasteiger partial charge < -0.3 is 20.4 Å². The highest BCUT2D eigenvalue weighted by molar-refractivity contribution is 7.99. The molecule has 0 aromatic heterocycles. The predicted molar refractivity (Wildman–Crippen MR) is 107 cm³/mol. The summed E-state index contributed by atoms with van der Waals surface area (Å²) in [7, 11) is 0. The lowest BCUT2D eigenvalue weighted by Crippen LogP contribution is -2.36. The number of halogens is 1. The molecule has 9 heteroatoms. The number of nitrogens with zero attached hydrogens (tertiary/aromatic N) is 3. The van der Waals surface area contributed by atoms with Crippen molar-refractivity contribution in [3.8, 4) is 0 Å². The molecule has 0 aliphatic carbocycles. The van der Waals surface area contributed by atoms with Crippen LogP contribution < -0.4 is 21.4 Å². The third-order valence-electron chi connectivity index (χ3n) is 4.58. The number of amides is 1. The minimum absolute atomic E-state index is 0.308. The molecule has 2 heterocycles. The Kier molecular flexibility index (Phi) is 6.68. The van der Waals surface area contributed by atoms with Crippen LogP contribution in [0.4, 0.5) is 20.6 Å². The number of cyclic esters (lactones) is 1. The summed E-state index contributed by atoms with van der Waals surface area (Å²) >= 11 is 1.96. The first-order valence-corrected chi connectivity index (χ1v) is 10.2. The molecule has 2 aliphatic rings. The summed E-state index contributed by atoms with van der Waals surface area (Å²) in [5.74, 6) is 7.63. The smallest absolute Gasteiger partial charge is 0.414 e. The third kappa shape index (κ3) is 4.98. The summed E-state index contributed by atoms with van der Waals surface area (Å²) in [6.07, 6.45) is 3.98. The lowest BCUT2D eigenvalue weighted by atomic mass is 10.2. The monoisotopic (exact) mass is 395 g/mol. The average Bonchev–Trinajstić information content (AvgIpc) is 2.95. The minimum Gasteiger partial charge on any atom is -0.442 e. The fourth-order valence-electron chi connectivity index (χ4n) is 3.32. The molecule has 0 saturated carbocycles. The van der Waals surface area contributed by atoms with E-state index in [1.165, 1.54) is 28.4 Å². The predicted octanol–water partition coefficient (Wildman–Crippen LogP) is 2.09. The van der Waals surface area contributed by atoms with Gasteiger partial charge >= 0.3 is 6.09 Å². The first kappa shape index (κ1) is 19.6. The summed E-state index contributed by atoms with van der Waals surface area (Å²) in [4.78, 5) is 15.7. The lowest BCUT2D eigenvalue weighted by molar-refractivity contribution is 0.122. The molecule has 4 N–H and O–H groups in total. The maximum Gasteiger partial charge on any atom is 0.414 e. The summed E-state index contributed by atoms with van der Waals surface area (Å²) in [6, 6.07) is 4.94. The van der Waals surface area contributed by atoms with E-state index in [2.05, 4.69) is 4.90 Å². The second-order valence-corrected chi connectivity index (χ2v) is 7.82. The van der Waals surface area contributed by atoms with Crippen LogP contribution in [0.5, 0.6) is 0 Å². The van der Waals surface area contributed by atoms with Gasteiger partial charge in [0.1, 0.15) is 11.9 Å². The normalized spacial score (nSPS) is 21.3. The number of hydrogen-bond acceptors (Lipinski definition) is 7. The van der Waals surface area contributed by atoms with Crippen LogP contribution in [0.1, 0.15) is 12.8 Å². The van der Waals surface area contributed by atoms with Crippen molar-refractivity contribution in [1.29, 1.82) is 0 Å².